The van der Waals surface area contributed by atoms with E-state index in [4.69, 9.17) is 0 Å². The summed E-state index contributed by atoms with van der Waals surface area (Å²) in [5, 5.41) is 3.36. The Morgan fingerprint density at radius 3 is 2.88 bits per heavy atom. The maximum Gasteiger partial charge on any atom is 0.270 e. The van der Waals surface area contributed by atoms with E-state index in [1.54, 1.807) is 6.08 Å². The van der Waals surface area contributed by atoms with E-state index in [9.17, 15) is 4.79 Å². The van der Waals surface area contributed by atoms with Crippen molar-refractivity contribution in [2.75, 3.05) is 0 Å². The molecule has 0 bridgehead atoms. The molecule has 0 saturated heterocycles. The summed E-state index contributed by atoms with van der Waals surface area (Å²) >= 11 is 0. The Morgan fingerprint density at radius 2 is 2.50 bits per heavy atom. The van der Waals surface area contributed by atoms with Gasteiger partial charge < -0.3 is 0 Å². The summed E-state index contributed by atoms with van der Waals surface area (Å²) in [6.45, 7) is 1.83. The molecular weight excluding hydrogens is 102 g/mol. The minimum atomic E-state index is -0.218. The Bertz CT molecular complexity index is 167. The zero-order valence-corrected chi connectivity index (χ0v) is 4.51. The largest absolute Gasteiger partial charge is 0.270 e. The van der Waals surface area contributed by atoms with Crippen molar-refractivity contribution in [2.24, 2.45) is 0 Å². The lowest BCUT2D eigenvalue weighted by Gasteiger charge is -1.95. The van der Waals surface area contributed by atoms with Crippen LogP contribution in [0, 0.1) is 6.20 Å². The van der Waals surface area contributed by atoms with Crippen molar-refractivity contribution in [2.45, 2.75) is 6.92 Å². The zero-order valence-electron chi connectivity index (χ0n) is 4.51. The second kappa shape index (κ2) is 1.82. The highest BCUT2D eigenvalue weighted by atomic mass is 16.1. The smallest absolute Gasteiger partial charge is 0.267 e. The van der Waals surface area contributed by atoms with Crippen LogP contribution in [-0.4, -0.2) is 5.91 Å². The summed E-state index contributed by atoms with van der Waals surface area (Å²) in [5.41, 5.74) is 0.907. The van der Waals surface area contributed by atoms with Crippen LogP contribution in [0.1, 0.15) is 6.92 Å². The minimum Gasteiger partial charge on any atom is -0.267 e. The second-order valence-electron chi connectivity index (χ2n) is 1.61. The number of carbonyl (C=O) groups is 1. The third-order valence-electron chi connectivity index (χ3n) is 0.818. The van der Waals surface area contributed by atoms with Crippen molar-refractivity contribution in [3.8, 4) is 0 Å². The van der Waals surface area contributed by atoms with Gasteiger partial charge in [0, 0.05) is 6.08 Å². The molecule has 0 unspecified atom stereocenters. The van der Waals surface area contributed by atoms with E-state index < -0.39 is 0 Å². The summed E-state index contributed by atoms with van der Waals surface area (Å²) < 4.78 is 0. The number of amides is 1. The van der Waals surface area contributed by atoms with Crippen LogP contribution in [0.4, 0.5) is 0 Å². The van der Waals surface area contributed by atoms with E-state index in [1.807, 2.05) is 6.92 Å². The number of allylic oxidation sites excluding steroid dienone is 2. The summed E-state index contributed by atoms with van der Waals surface area (Å²) in [5.74, 6) is -0.218. The van der Waals surface area contributed by atoms with Crippen LogP contribution < -0.4 is 5.32 Å². The van der Waals surface area contributed by atoms with E-state index >= 15 is 0 Å². The molecule has 8 heavy (non-hydrogen) atoms. The average Bonchev–Trinajstić information content (AvgIpc) is 1.64. The molecule has 0 aromatic heterocycles. The van der Waals surface area contributed by atoms with Crippen molar-refractivity contribution in [1.82, 2.24) is 5.32 Å². The fourth-order valence-electron chi connectivity index (χ4n) is 0.466. The van der Waals surface area contributed by atoms with Crippen LogP contribution in [0.25, 0.3) is 0 Å². The molecule has 0 aliphatic carbocycles. The number of carbonyl (C=O) groups excluding carboxylic acids is 1. The quantitative estimate of drug-likeness (QED) is 0.440. The molecule has 0 aromatic carbocycles. The van der Waals surface area contributed by atoms with Gasteiger partial charge in [-0.2, -0.15) is 0 Å². The first kappa shape index (κ1) is 5.09. The Balaban J connectivity index is 2.77. The number of hydrogen-bond donors (Lipinski definition) is 0. The van der Waals surface area contributed by atoms with Crippen molar-refractivity contribution < 1.29 is 4.79 Å². The lowest BCUT2D eigenvalue weighted by Crippen LogP contribution is -2.09. The summed E-state index contributed by atoms with van der Waals surface area (Å²) in [6.07, 6.45) is 5.60. The van der Waals surface area contributed by atoms with Crippen molar-refractivity contribution >= 4 is 5.91 Å². The maximum atomic E-state index is 10.3. The summed E-state index contributed by atoms with van der Waals surface area (Å²) in [6, 6.07) is 0. The topological polar surface area (TPSA) is 31.2 Å². The lowest BCUT2D eigenvalue weighted by molar-refractivity contribution is -0.116. The molecule has 1 heterocycles. The fraction of sp³-hybridized carbons (Fsp3) is 0.167. The van der Waals surface area contributed by atoms with Crippen LogP contribution in [0.3, 0.4) is 0 Å². The van der Waals surface area contributed by atoms with Gasteiger partial charge in [0.1, 0.15) is 0 Å². The molecule has 0 N–H and O–H groups in total. The van der Waals surface area contributed by atoms with Crippen molar-refractivity contribution in [1.29, 1.82) is 0 Å². The van der Waals surface area contributed by atoms with E-state index in [2.05, 4.69) is 11.5 Å². The molecule has 2 heteroatoms. The molecule has 0 fully saturated rings. The predicted octanol–water partition coefficient (Wildman–Crippen LogP) is 0.394. The molecule has 40 valence electrons. The van der Waals surface area contributed by atoms with E-state index in [-0.39, 0.29) is 5.91 Å². The van der Waals surface area contributed by atoms with Gasteiger partial charge in [0.2, 0.25) is 0 Å². The van der Waals surface area contributed by atoms with Gasteiger partial charge in [-0.15, -0.1) is 0 Å². The maximum absolute atomic E-state index is 10.3. The van der Waals surface area contributed by atoms with Gasteiger partial charge in [-0.05, 0) is 18.6 Å². The van der Waals surface area contributed by atoms with Crippen LogP contribution in [-0.2, 0) is 4.79 Å². The standard InChI is InChI=1S/C6H5NO/c1-5-2-3-7-6(8)4-5/h2,4H,1H3. The predicted molar refractivity (Wildman–Crippen MR) is 28.7 cm³/mol. The molecular formula is C6H5NO. The molecule has 1 aliphatic rings. The first-order valence-corrected chi connectivity index (χ1v) is 2.31. The first-order chi connectivity index (χ1) is 3.79. The first-order valence-electron chi connectivity index (χ1n) is 2.31. The molecule has 0 aromatic rings. The number of rotatable bonds is 0. The number of nitrogens with zero attached hydrogens (tertiary/aromatic N) is 1. The minimum absolute atomic E-state index is 0.218. The fourth-order valence-corrected chi connectivity index (χ4v) is 0.466. The van der Waals surface area contributed by atoms with Crippen LogP contribution >= 0.6 is 0 Å². The highest BCUT2D eigenvalue weighted by molar-refractivity contribution is 5.89. The van der Waals surface area contributed by atoms with Gasteiger partial charge in [0.25, 0.3) is 5.91 Å². The summed E-state index contributed by atoms with van der Waals surface area (Å²) in [7, 11) is 0. The monoisotopic (exact) mass is 107 g/mol. The molecule has 2 radical (unpaired) electrons. The van der Waals surface area contributed by atoms with Crippen LogP contribution in [0.15, 0.2) is 17.7 Å². The highest BCUT2D eigenvalue weighted by Crippen LogP contribution is 1.97. The van der Waals surface area contributed by atoms with Gasteiger partial charge in [-0.25, -0.2) is 5.32 Å². The van der Waals surface area contributed by atoms with Gasteiger partial charge in [0.15, 0.2) is 0 Å². The van der Waals surface area contributed by atoms with Gasteiger partial charge in [-0.1, -0.05) is 0 Å². The summed E-state index contributed by atoms with van der Waals surface area (Å²) in [4.78, 5) is 10.3. The second-order valence-corrected chi connectivity index (χ2v) is 1.61. The molecule has 0 atom stereocenters. The van der Waals surface area contributed by atoms with Crippen molar-refractivity contribution in [3.05, 3.63) is 23.9 Å². The third-order valence-corrected chi connectivity index (χ3v) is 0.818. The van der Waals surface area contributed by atoms with Crippen LogP contribution in [0.2, 0.25) is 0 Å². The molecule has 1 aliphatic heterocycles. The van der Waals surface area contributed by atoms with E-state index in [1.165, 1.54) is 6.08 Å². The number of hydrogen-bond acceptors (Lipinski definition) is 1. The zero-order chi connectivity index (χ0) is 5.98. The molecule has 2 nitrogen and oxygen atoms in total. The Labute approximate surface area is 47.9 Å². The Kier molecular flexibility index (Phi) is 1.16. The Morgan fingerprint density at radius 1 is 1.75 bits per heavy atom. The average molecular weight is 107 g/mol. The molecule has 1 amide bonds. The van der Waals surface area contributed by atoms with Crippen molar-refractivity contribution in [3.63, 3.8) is 0 Å². The Hall–Kier alpha value is -1.05. The van der Waals surface area contributed by atoms with Gasteiger partial charge in [0.05, 0.1) is 6.20 Å². The third kappa shape index (κ3) is 0.964. The molecule has 0 saturated carbocycles. The van der Waals surface area contributed by atoms with Gasteiger partial charge >= 0.3 is 0 Å². The normalized spacial score (nSPS) is 17.6. The lowest BCUT2D eigenvalue weighted by atomic mass is 10.2. The SMILES string of the molecule is CC1=CC(=O)[N][C]=C1. The van der Waals surface area contributed by atoms with Gasteiger partial charge in [-0.3, -0.25) is 4.79 Å². The molecule has 1 rings (SSSR count). The van der Waals surface area contributed by atoms with E-state index in [0.717, 1.165) is 5.57 Å². The van der Waals surface area contributed by atoms with E-state index in [0.29, 0.717) is 0 Å². The highest BCUT2D eigenvalue weighted by Gasteiger charge is 1.99. The molecule has 0 spiro atoms. The van der Waals surface area contributed by atoms with Crippen LogP contribution in [0.5, 0.6) is 0 Å².